The van der Waals surface area contributed by atoms with Crippen molar-refractivity contribution in [3.63, 3.8) is 0 Å². The number of aromatic nitrogens is 2. The number of rotatable bonds is 5. The molecule has 0 fully saturated rings. The number of aromatic amines is 1. The molecule has 0 aliphatic rings. The summed E-state index contributed by atoms with van der Waals surface area (Å²) in [5, 5.41) is 13.0. The second-order valence-corrected chi connectivity index (χ2v) is 9.58. The Kier molecular flexibility index (Phi) is 5.80. The number of nitrogens with zero attached hydrogens (tertiary/aromatic N) is 1. The van der Waals surface area contributed by atoms with Crippen molar-refractivity contribution in [2.24, 2.45) is 0 Å². The van der Waals surface area contributed by atoms with E-state index < -0.39 is 11.7 Å². The molecule has 0 spiro atoms. The highest BCUT2D eigenvalue weighted by atomic mass is 32.1. The molecule has 8 heteroatoms. The van der Waals surface area contributed by atoms with Gasteiger partial charge in [0, 0.05) is 0 Å². The van der Waals surface area contributed by atoms with Crippen molar-refractivity contribution >= 4 is 44.9 Å². The second kappa shape index (κ2) is 8.55. The van der Waals surface area contributed by atoms with Crippen LogP contribution in [0, 0.1) is 5.82 Å². The van der Waals surface area contributed by atoms with E-state index >= 15 is 0 Å². The number of hydrogen-bond donors (Lipinski definition) is 3. The molecule has 0 saturated carbocycles. The van der Waals surface area contributed by atoms with Crippen LogP contribution in [-0.4, -0.2) is 22.0 Å². The van der Waals surface area contributed by atoms with Gasteiger partial charge in [0.05, 0.1) is 22.4 Å². The fraction of sp³-hybridized carbons (Fsp3) is 0.208. The zero-order chi connectivity index (χ0) is 22.9. The molecule has 2 heterocycles. The molecule has 32 heavy (non-hydrogen) atoms. The maximum absolute atomic E-state index is 13.8. The van der Waals surface area contributed by atoms with Crippen molar-refractivity contribution in [1.29, 1.82) is 0 Å². The lowest BCUT2D eigenvalue weighted by atomic mass is 9.86. The lowest BCUT2D eigenvalue weighted by Gasteiger charge is -2.19. The summed E-state index contributed by atoms with van der Waals surface area (Å²) < 4.78 is 13.8. The van der Waals surface area contributed by atoms with Gasteiger partial charge in [-0.25, -0.2) is 4.39 Å². The summed E-state index contributed by atoms with van der Waals surface area (Å²) in [5.74, 6) is -0.781. The highest BCUT2D eigenvalue weighted by molar-refractivity contribution is 7.20. The molecule has 6 nitrogen and oxygen atoms in total. The summed E-state index contributed by atoms with van der Waals surface area (Å²) in [6.45, 7) is 6.43. The van der Waals surface area contributed by atoms with Crippen LogP contribution in [-0.2, 0) is 16.6 Å². The molecule has 0 aliphatic carbocycles. The molecule has 164 valence electrons. The number of halogens is 1. The summed E-state index contributed by atoms with van der Waals surface area (Å²) in [6.07, 6.45) is 0.212. The monoisotopic (exact) mass is 450 g/mol. The largest absolute Gasteiger partial charge is 0.319 e. The standard InChI is InChI=1S/C24H23FN4O2S/c1-24(2,3)15-10-8-14(9-11-15)12-20(30)27-21-16-13-19(32-23(16)29-28-21)22(31)26-18-7-5-4-6-17(18)25/h4-11,13H,12H2,1-3H3,(H,26,31)(H2,27,28,29,30). The summed E-state index contributed by atoms with van der Waals surface area (Å²) in [5.41, 5.74) is 2.27. The Morgan fingerprint density at radius 3 is 2.47 bits per heavy atom. The van der Waals surface area contributed by atoms with Crippen molar-refractivity contribution in [2.45, 2.75) is 32.6 Å². The van der Waals surface area contributed by atoms with E-state index in [1.165, 1.54) is 29.0 Å². The Bertz CT molecular complexity index is 1290. The molecule has 3 N–H and O–H groups in total. The first-order valence-corrected chi connectivity index (χ1v) is 11.0. The molecule has 0 bridgehead atoms. The van der Waals surface area contributed by atoms with Gasteiger partial charge in [0.15, 0.2) is 5.82 Å². The molecule has 0 unspecified atom stereocenters. The number of hydrogen-bond acceptors (Lipinski definition) is 4. The van der Waals surface area contributed by atoms with E-state index in [0.717, 1.165) is 5.56 Å². The van der Waals surface area contributed by atoms with Crippen molar-refractivity contribution in [2.75, 3.05) is 10.6 Å². The molecular formula is C24H23FN4O2S. The van der Waals surface area contributed by atoms with E-state index in [1.807, 2.05) is 24.3 Å². The van der Waals surface area contributed by atoms with Crippen molar-refractivity contribution in [3.8, 4) is 0 Å². The summed E-state index contributed by atoms with van der Waals surface area (Å²) in [6, 6.07) is 15.6. The van der Waals surface area contributed by atoms with Gasteiger partial charge in [-0.3, -0.25) is 14.7 Å². The third-order valence-electron chi connectivity index (χ3n) is 5.04. The fourth-order valence-corrected chi connectivity index (χ4v) is 4.15. The predicted octanol–water partition coefficient (Wildman–Crippen LogP) is 5.49. The number of para-hydroxylation sites is 1. The van der Waals surface area contributed by atoms with Crippen LogP contribution in [0.5, 0.6) is 0 Å². The first kappa shape index (κ1) is 21.7. The average Bonchev–Trinajstić information content (AvgIpc) is 3.31. The smallest absolute Gasteiger partial charge is 0.265 e. The van der Waals surface area contributed by atoms with Crippen molar-refractivity contribution in [3.05, 3.63) is 76.4 Å². The molecule has 4 aromatic rings. The predicted molar refractivity (Wildman–Crippen MR) is 126 cm³/mol. The number of carbonyl (C=O) groups excluding carboxylic acids is 2. The molecular weight excluding hydrogens is 427 g/mol. The van der Waals surface area contributed by atoms with E-state index in [-0.39, 0.29) is 23.4 Å². The number of benzene rings is 2. The number of H-pyrrole nitrogens is 1. The van der Waals surface area contributed by atoms with Gasteiger partial charge in [-0.2, -0.15) is 5.10 Å². The summed E-state index contributed by atoms with van der Waals surface area (Å²) in [4.78, 5) is 26.1. The van der Waals surface area contributed by atoms with Gasteiger partial charge in [0.1, 0.15) is 10.6 Å². The minimum Gasteiger partial charge on any atom is -0.319 e. The molecule has 0 radical (unpaired) electrons. The van der Waals surface area contributed by atoms with E-state index in [9.17, 15) is 14.0 Å². The highest BCUT2D eigenvalue weighted by Crippen LogP contribution is 2.30. The van der Waals surface area contributed by atoms with Gasteiger partial charge in [0.25, 0.3) is 5.91 Å². The molecule has 0 atom stereocenters. The maximum atomic E-state index is 13.8. The number of anilines is 2. The Hall–Kier alpha value is -3.52. The van der Waals surface area contributed by atoms with Crippen LogP contribution < -0.4 is 10.6 Å². The lowest BCUT2D eigenvalue weighted by Crippen LogP contribution is -2.15. The van der Waals surface area contributed by atoms with Crippen LogP contribution in [0.15, 0.2) is 54.6 Å². The fourth-order valence-electron chi connectivity index (χ4n) is 3.25. The van der Waals surface area contributed by atoms with Crippen molar-refractivity contribution in [1.82, 2.24) is 10.2 Å². The van der Waals surface area contributed by atoms with Crippen LogP contribution in [0.4, 0.5) is 15.9 Å². The van der Waals surface area contributed by atoms with Crippen molar-refractivity contribution < 1.29 is 14.0 Å². The number of thiophene rings is 1. The third kappa shape index (κ3) is 4.70. The Labute approximate surface area is 188 Å². The van der Waals surface area contributed by atoms with Gasteiger partial charge in [-0.1, -0.05) is 57.2 Å². The lowest BCUT2D eigenvalue weighted by molar-refractivity contribution is -0.115. The zero-order valence-corrected chi connectivity index (χ0v) is 18.8. The number of amides is 2. The second-order valence-electron chi connectivity index (χ2n) is 8.53. The van der Waals surface area contributed by atoms with Crippen LogP contribution in [0.2, 0.25) is 0 Å². The van der Waals surface area contributed by atoms with Crippen LogP contribution in [0.25, 0.3) is 10.2 Å². The van der Waals surface area contributed by atoms with Gasteiger partial charge in [-0.05, 0) is 34.7 Å². The number of nitrogens with one attached hydrogen (secondary N) is 3. The van der Waals surface area contributed by atoms with E-state index in [2.05, 4.69) is 41.6 Å². The highest BCUT2D eigenvalue weighted by Gasteiger charge is 2.18. The normalized spacial score (nSPS) is 11.5. The summed E-state index contributed by atoms with van der Waals surface area (Å²) >= 11 is 1.18. The van der Waals surface area contributed by atoms with Crippen LogP contribution in [0.3, 0.4) is 0 Å². The van der Waals surface area contributed by atoms with E-state index in [0.29, 0.717) is 20.9 Å². The minimum atomic E-state index is -0.506. The quantitative estimate of drug-likeness (QED) is 0.375. The Morgan fingerprint density at radius 2 is 1.78 bits per heavy atom. The van der Waals surface area contributed by atoms with E-state index in [1.54, 1.807) is 18.2 Å². The molecule has 4 rings (SSSR count). The SMILES string of the molecule is CC(C)(C)c1ccc(CC(=O)Nc2n[nH]c3sc(C(=O)Nc4ccccc4F)cc23)cc1. The van der Waals surface area contributed by atoms with E-state index in [4.69, 9.17) is 0 Å². The first-order valence-electron chi connectivity index (χ1n) is 10.1. The Morgan fingerprint density at radius 1 is 1.06 bits per heavy atom. The van der Waals surface area contributed by atoms with Gasteiger partial charge in [-0.15, -0.1) is 11.3 Å². The number of carbonyl (C=O) groups is 2. The first-order chi connectivity index (χ1) is 15.2. The molecule has 2 aromatic heterocycles. The van der Waals surface area contributed by atoms with Crippen LogP contribution >= 0.6 is 11.3 Å². The molecule has 0 saturated heterocycles. The zero-order valence-electron chi connectivity index (χ0n) is 18.0. The summed E-state index contributed by atoms with van der Waals surface area (Å²) in [7, 11) is 0. The maximum Gasteiger partial charge on any atom is 0.265 e. The molecule has 0 aliphatic heterocycles. The minimum absolute atomic E-state index is 0.0522. The van der Waals surface area contributed by atoms with Crippen LogP contribution in [0.1, 0.15) is 41.6 Å². The topological polar surface area (TPSA) is 86.9 Å². The van der Waals surface area contributed by atoms with Gasteiger partial charge in [0.2, 0.25) is 5.91 Å². The number of fused-ring (bicyclic) bond motifs is 1. The molecule has 2 amide bonds. The third-order valence-corrected chi connectivity index (χ3v) is 6.08. The average molecular weight is 451 g/mol. The molecule has 2 aromatic carbocycles. The van der Waals surface area contributed by atoms with Gasteiger partial charge < -0.3 is 10.6 Å². The Balaban J connectivity index is 1.45. The van der Waals surface area contributed by atoms with Gasteiger partial charge >= 0.3 is 0 Å².